The van der Waals surface area contributed by atoms with Crippen molar-refractivity contribution < 1.29 is 19.1 Å². The van der Waals surface area contributed by atoms with E-state index in [1.54, 1.807) is 4.90 Å². The van der Waals surface area contributed by atoms with Gasteiger partial charge in [-0.25, -0.2) is 4.79 Å². The van der Waals surface area contributed by atoms with Crippen molar-refractivity contribution >= 4 is 12.1 Å². The van der Waals surface area contributed by atoms with Crippen LogP contribution in [0.3, 0.4) is 0 Å². The molecule has 0 spiro atoms. The van der Waals surface area contributed by atoms with Crippen LogP contribution in [0.1, 0.15) is 34.6 Å². The van der Waals surface area contributed by atoms with Crippen LogP contribution in [0.4, 0.5) is 4.79 Å². The van der Waals surface area contributed by atoms with Crippen molar-refractivity contribution in [1.82, 2.24) is 4.90 Å². The van der Waals surface area contributed by atoms with Gasteiger partial charge in [-0.05, 0) is 34.6 Å². The average molecular weight is 243 g/mol. The minimum absolute atomic E-state index is 0.278. The third-order valence-corrected chi connectivity index (χ3v) is 3.01. The topological polar surface area (TPSA) is 55.8 Å². The van der Waals surface area contributed by atoms with Gasteiger partial charge in [0.15, 0.2) is 0 Å². The number of carbonyl (C=O) groups excluding carboxylic acids is 2. The van der Waals surface area contributed by atoms with Crippen LogP contribution in [0.15, 0.2) is 0 Å². The number of nitrogens with zero attached hydrogens (tertiary/aromatic N) is 1. The molecular weight excluding hydrogens is 222 g/mol. The minimum Gasteiger partial charge on any atom is -0.469 e. The first-order chi connectivity index (χ1) is 7.59. The van der Waals surface area contributed by atoms with Crippen LogP contribution in [0, 0.1) is 5.92 Å². The van der Waals surface area contributed by atoms with E-state index in [1.807, 2.05) is 34.6 Å². The summed E-state index contributed by atoms with van der Waals surface area (Å²) in [5.41, 5.74) is -1.07. The summed E-state index contributed by atoms with van der Waals surface area (Å²) in [6, 6.07) is 0. The van der Waals surface area contributed by atoms with E-state index in [0.717, 1.165) is 0 Å². The van der Waals surface area contributed by atoms with E-state index in [0.29, 0.717) is 6.54 Å². The lowest BCUT2D eigenvalue weighted by Crippen LogP contribution is -2.68. The van der Waals surface area contributed by atoms with Crippen LogP contribution in [0.25, 0.3) is 0 Å². The summed E-state index contributed by atoms with van der Waals surface area (Å²) < 4.78 is 9.97. The molecule has 1 aliphatic heterocycles. The molecule has 17 heavy (non-hydrogen) atoms. The summed E-state index contributed by atoms with van der Waals surface area (Å²) >= 11 is 0. The number of hydrogen-bond donors (Lipinski definition) is 0. The van der Waals surface area contributed by atoms with Gasteiger partial charge >= 0.3 is 12.1 Å². The van der Waals surface area contributed by atoms with Crippen LogP contribution >= 0.6 is 0 Å². The zero-order valence-corrected chi connectivity index (χ0v) is 11.4. The number of methoxy groups -OCH3 is 1. The molecule has 5 nitrogen and oxygen atoms in total. The Balaban J connectivity index is 2.67. The summed E-state index contributed by atoms with van der Waals surface area (Å²) in [4.78, 5) is 24.9. The summed E-state index contributed by atoms with van der Waals surface area (Å²) in [5.74, 6) is -0.560. The molecule has 0 radical (unpaired) electrons. The maximum atomic E-state index is 11.9. The van der Waals surface area contributed by atoms with E-state index >= 15 is 0 Å². The second kappa shape index (κ2) is 4.20. The van der Waals surface area contributed by atoms with E-state index < -0.39 is 11.1 Å². The van der Waals surface area contributed by atoms with Gasteiger partial charge in [0.05, 0.1) is 18.6 Å². The van der Waals surface area contributed by atoms with E-state index in [1.165, 1.54) is 7.11 Å². The molecule has 0 bridgehead atoms. The van der Waals surface area contributed by atoms with Gasteiger partial charge < -0.3 is 14.4 Å². The SMILES string of the molecule is COC(=O)C1CN(C(=O)OC(C)(C)C)C1(C)C. The zero-order chi connectivity index (χ0) is 13.4. The van der Waals surface area contributed by atoms with Crippen molar-refractivity contribution in [3.63, 3.8) is 0 Å². The van der Waals surface area contributed by atoms with Gasteiger partial charge in [0, 0.05) is 6.54 Å². The molecule has 0 aromatic carbocycles. The Morgan fingerprint density at radius 1 is 1.29 bits per heavy atom. The van der Waals surface area contributed by atoms with Crippen molar-refractivity contribution in [2.45, 2.75) is 45.8 Å². The quantitative estimate of drug-likeness (QED) is 0.659. The van der Waals surface area contributed by atoms with Crippen molar-refractivity contribution in [3.8, 4) is 0 Å². The molecule has 1 saturated heterocycles. The molecule has 0 aliphatic carbocycles. The van der Waals surface area contributed by atoms with Crippen molar-refractivity contribution in [2.75, 3.05) is 13.7 Å². The predicted octanol–water partition coefficient (Wildman–Crippen LogP) is 1.80. The van der Waals surface area contributed by atoms with Crippen LogP contribution in [0.5, 0.6) is 0 Å². The highest BCUT2D eigenvalue weighted by Crippen LogP contribution is 2.37. The van der Waals surface area contributed by atoms with Crippen LogP contribution in [-0.2, 0) is 14.3 Å². The monoisotopic (exact) mass is 243 g/mol. The molecule has 1 unspecified atom stereocenters. The van der Waals surface area contributed by atoms with E-state index in [2.05, 4.69) is 0 Å². The Bertz CT molecular complexity index is 330. The summed E-state index contributed by atoms with van der Waals surface area (Å²) in [7, 11) is 1.36. The second-order valence-electron chi connectivity index (χ2n) is 5.82. The van der Waals surface area contributed by atoms with Gasteiger partial charge in [0.2, 0.25) is 0 Å². The number of hydrogen-bond acceptors (Lipinski definition) is 4. The number of amides is 1. The van der Waals surface area contributed by atoms with Crippen molar-refractivity contribution in [2.24, 2.45) is 5.92 Å². The number of ether oxygens (including phenoxy) is 2. The highest BCUT2D eigenvalue weighted by Gasteiger charge is 2.54. The second-order valence-corrected chi connectivity index (χ2v) is 5.82. The molecule has 5 heteroatoms. The normalized spacial score (nSPS) is 22.7. The third-order valence-electron chi connectivity index (χ3n) is 3.01. The van der Waals surface area contributed by atoms with Gasteiger partial charge in [-0.2, -0.15) is 0 Å². The molecule has 0 aromatic rings. The van der Waals surface area contributed by atoms with Gasteiger partial charge in [0.1, 0.15) is 5.60 Å². The fourth-order valence-corrected chi connectivity index (χ4v) is 1.85. The molecule has 1 amide bonds. The van der Waals surface area contributed by atoms with E-state index in [9.17, 15) is 9.59 Å². The molecule has 0 N–H and O–H groups in total. The highest BCUT2D eigenvalue weighted by molar-refractivity contribution is 5.80. The standard InChI is InChI=1S/C12H21NO4/c1-11(2,3)17-10(15)13-7-8(9(14)16-6)12(13,4)5/h8H,7H2,1-6H3. The molecule has 98 valence electrons. The van der Waals surface area contributed by atoms with Crippen LogP contribution in [0.2, 0.25) is 0 Å². The van der Waals surface area contributed by atoms with E-state index in [-0.39, 0.29) is 18.0 Å². The van der Waals surface area contributed by atoms with Gasteiger partial charge in [-0.1, -0.05) is 0 Å². The molecule has 1 aliphatic rings. The summed E-state index contributed by atoms with van der Waals surface area (Å²) in [5, 5.41) is 0. The zero-order valence-electron chi connectivity index (χ0n) is 11.4. The van der Waals surface area contributed by atoms with Gasteiger partial charge in [-0.15, -0.1) is 0 Å². The fraction of sp³-hybridized carbons (Fsp3) is 0.833. The number of likely N-dealkylation sites (tertiary alicyclic amines) is 1. The molecule has 0 aromatic heterocycles. The minimum atomic E-state index is -0.546. The van der Waals surface area contributed by atoms with Crippen LogP contribution < -0.4 is 0 Å². The lowest BCUT2D eigenvalue weighted by Gasteiger charge is -2.52. The number of rotatable bonds is 1. The first-order valence-electron chi connectivity index (χ1n) is 5.68. The lowest BCUT2D eigenvalue weighted by atomic mass is 9.77. The van der Waals surface area contributed by atoms with Crippen LogP contribution in [-0.4, -0.2) is 41.8 Å². The Labute approximate surface area is 102 Å². The summed E-state index contributed by atoms with van der Waals surface area (Å²) in [6.07, 6.45) is -0.386. The Morgan fingerprint density at radius 3 is 2.18 bits per heavy atom. The first kappa shape index (κ1) is 13.8. The first-order valence-corrected chi connectivity index (χ1v) is 5.68. The predicted molar refractivity (Wildman–Crippen MR) is 62.5 cm³/mol. The maximum absolute atomic E-state index is 11.9. The average Bonchev–Trinajstić information content (AvgIpc) is 2.12. The molecule has 1 fully saturated rings. The number of esters is 1. The maximum Gasteiger partial charge on any atom is 0.410 e. The fourth-order valence-electron chi connectivity index (χ4n) is 1.85. The molecule has 1 heterocycles. The largest absolute Gasteiger partial charge is 0.469 e. The highest BCUT2D eigenvalue weighted by atomic mass is 16.6. The Kier molecular flexibility index (Phi) is 3.41. The Hall–Kier alpha value is -1.26. The van der Waals surface area contributed by atoms with E-state index in [4.69, 9.17) is 9.47 Å². The molecule has 1 atom stereocenters. The lowest BCUT2D eigenvalue weighted by molar-refractivity contribution is -0.162. The molecule has 1 rings (SSSR count). The number of carbonyl (C=O) groups is 2. The van der Waals surface area contributed by atoms with Gasteiger partial charge in [-0.3, -0.25) is 4.79 Å². The van der Waals surface area contributed by atoms with Crippen molar-refractivity contribution in [3.05, 3.63) is 0 Å². The molecular formula is C12H21NO4. The third kappa shape index (κ3) is 2.70. The Morgan fingerprint density at radius 2 is 1.82 bits per heavy atom. The van der Waals surface area contributed by atoms with Crippen molar-refractivity contribution in [1.29, 1.82) is 0 Å². The summed E-state index contributed by atoms with van der Waals surface area (Å²) in [6.45, 7) is 9.47. The molecule has 0 saturated carbocycles. The smallest absolute Gasteiger partial charge is 0.410 e. The van der Waals surface area contributed by atoms with Gasteiger partial charge in [0.25, 0.3) is 0 Å².